The fraction of sp³-hybridized carbons (Fsp3) is 0.125. The van der Waals surface area contributed by atoms with Gasteiger partial charge in [-0.1, -0.05) is 131 Å². The molecule has 0 fully saturated rings. The van der Waals surface area contributed by atoms with Crippen LogP contribution >= 0.6 is 47.0 Å². The molecule has 2 aliphatic heterocycles. The Morgan fingerprint density at radius 1 is 0.486 bits per heavy atom. The van der Waals surface area contributed by atoms with Crippen LogP contribution in [-0.4, -0.2) is 4.98 Å². The topological polar surface area (TPSA) is 15.8 Å². The van der Waals surface area contributed by atoms with E-state index < -0.39 is 0 Å². The maximum atomic E-state index is 3.78. The van der Waals surface area contributed by atoms with Crippen LogP contribution in [0.25, 0.3) is 0 Å². The molecule has 0 unspecified atom stereocenters. The summed E-state index contributed by atoms with van der Waals surface area (Å²) in [4.78, 5) is 9.16. The molecule has 0 atom stereocenters. The Labute approximate surface area is 235 Å². The third-order valence-corrected chi connectivity index (χ3v) is 13.6. The lowest BCUT2D eigenvalue weighted by Gasteiger charge is -2.29. The van der Waals surface area contributed by atoms with Crippen molar-refractivity contribution in [3.8, 4) is 0 Å². The van der Waals surface area contributed by atoms with Gasteiger partial charge in [0.05, 0.1) is 0 Å². The minimum atomic E-state index is -0.259. The summed E-state index contributed by atoms with van der Waals surface area (Å²) in [6.07, 6.45) is 2.25. The highest BCUT2D eigenvalue weighted by atomic mass is 32.2. The van der Waals surface area contributed by atoms with Crippen LogP contribution in [0.3, 0.4) is 0 Å². The van der Waals surface area contributed by atoms with Crippen molar-refractivity contribution >= 4 is 47.0 Å². The molecule has 0 saturated heterocycles. The van der Waals surface area contributed by atoms with Crippen molar-refractivity contribution in [1.29, 1.82) is 0 Å². The van der Waals surface area contributed by atoms with E-state index >= 15 is 0 Å². The smallest absolute Gasteiger partial charge is 0.135 e. The summed E-state index contributed by atoms with van der Waals surface area (Å²) in [5.74, 6) is 0. The summed E-state index contributed by atoms with van der Waals surface area (Å²) in [5, 5.41) is 0. The Morgan fingerprint density at radius 2 is 0.892 bits per heavy atom. The minimum Gasteiger partial charge on any atom is -0.362 e. The summed E-state index contributed by atoms with van der Waals surface area (Å²) < 4.78 is -0.494. The molecule has 0 spiro atoms. The molecule has 0 aliphatic carbocycles. The molecule has 7 rings (SSSR count). The Kier molecular flexibility index (Phi) is 5.81. The molecule has 1 nitrogen and oxygen atoms in total. The third kappa shape index (κ3) is 3.90. The van der Waals surface area contributed by atoms with Crippen molar-refractivity contribution in [2.75, 3.05) is 0 Å². The van der Waals surface area contributed by atoms with Crippen LogP contribution in [0, 0.1) is 13.8 Å². The van der Waals surface area contributed by atoms with Gasteiger partial charge in [-0.05, 0) is 55.3 Å². The van der Waals surface area contributed by atoms with Crippen molar-refractivity contribution in [2.24, 2.45) is 0 Å². The second kappa shape index (κ2) is 9.09. The van der Waals surface area contributed by atoms with Gasteiger partial charge in [-0.15, -0.1) is 0 Å². The second-order valence-corrected chi connectivity index (χ2v) is 15.1. The van der Waals surface area contributed by atoms with Crippen LogP contribution in [0.15, 0.2) is 129 Å². The number of thioether (sulfide) groups is 4. The molecular weight excluding hydrogens is 527 g/mol. The average molecular weight is 552 g/mol. The molecule has 37 heavy (non-hydrogen) atoms. The number of benzene rings is 4. The van der Waals surface area contributed by atoms with Crippen LogP contribution in [0.2, 0.25) is 0 Å². The van der Waals surface area contributed by atoms with Crippen LogP contribution in [-0.2, 0) is 8.16 Å². The van der Waals surface area contributed by atoms with E-state index in [1.165, 1.54) is 53.1 Å². The lowest BCUT2D eigenvalue weighted by Crippen LogP contribution is -2.18. The van der Waals surface area contributed by atoms with E-state index in [0.717, 1.165) is 0 Å². The fourth-order valence-corrected chi connectivity index (χ4v) is 11.4. The van der Waals surface area contributed by atoms with Crippen molar-refractivity contribution < 1.29 is 0 Å². The summed E-state index contributed by atoms with van der Waals surface area (Å²) in [6, 6.07) is 38.2. The quantitative estimate of drug-likeness (QED) is 0.239. The molecule has 4 aromatic carbocycles. The van der Waals surface area contributed by atoms with Gasteiger partial charge in [0, 0.05) is 37.0 Å². The number of nitrogens with one attached hydrogen (secondary N) is 1. The first-order chi connectivity index (χ1) is 18.1. The lowest BCUT2D eigenvalue weighted by molar-refractivity contribution is 1.01. The standard InChI is InChI=1S/C32H25NS4/c1-21-11-15-23(16-12-21)31(34-26-7-3-4-8-27(26)35-31)25-19-30(33-20-25)32(24-17-13-22(2)14-18-24)36-28-9-5-6-10-29(28)37-32/h3-20,33H,1-2H3. The average Bonchev–Trinajstić information content (AvgIpc) is 3.65. The number of aromatic amines is 1. The van der Waals surface area contributed by atoms with E-state index in [4.69, 9.17) is 0 Å². The number of hydrogen-bond acceptors (Lipinski definition) is 4. The van der Waals surface area contributed by atoms with Gasteiger partial charge in [-0.3, -0.25) is 0 Å². The molecule has 0 bridgehead atoms. The van der Waals surface area contributed by atoms with Crippen LogP contribution in [0.5, 0.6) is 0 Å². The molecule has 0 amide bonds. The first-order valence-electron chi connectivity index (χ1n) is 12.3. The molecule has 2 aliphatic rings. The maximum absolute atomic E-state index is 3.78. The summed E-state index contributed by atoms with van der Waals surface area (Å²) >= 11 is 7.84. The SMILES string of the molecule is Cc1ccc(C2(c3c[nH]c(C4(c5ccc(C)cc5)Sc5ccccc5S4)c3)Sc3ccccc3S2)cc1. The molecule has 5 aromatic rings. The van der Waals surface area contributed by atoms with Gasteiger partial charge in [0.1, 0.15) is 8.16 Å². The third-order valence-electron chi connectivity index (χ3n) is 6.99. The van der Waals surface area contributed by atoms with Gasteiger partial charge < -0.3 is 4.98 Å². The fourth-order valence-electron chi connectivity index (χ4n) is 5.00. The van der Waals surface area contributed by atoms with Gasteiger partial charge in [0.2, 0.25) is 0 Å². The predicted molar refractivity (Wildman–Crippen MR) is 161 cm³/mol. The summed E-state index contributed by atoms with van der Waals surface area (Å²) in [5.41, 5.74) is 7.76. The summed E-state index contributed by atoms with van der Waals surface area (Å²) in [7, 11) is 0. The number of aromatic nitrogens is 1. The lowest BCUT2D eigenvalue weighted by atomic mass is 10.0. The number of fused-ring (bicyclic) bond motifs is 2. The van der Waals surface area contributed by atoms with Crippen LogP contribution < -0.4 is 0 Å². The summed E-state index contributed by atoms with van der Waals surface area (Å²) in [6.45, 7) is 4.32. The van der Waals surface area contributed by atoms with Crippen molar-refractivity contribution in [3.05, 3.63) is 143 Å². The van der Waals surface area contributed by atoms with E-state index in [9.17, 15) is 0 Å². The first-order valence-corrected chi connectivity index (χ1v) is 15.6. The zero-order valence-electron chi connectivity index (χ0n) is 20.5. The number of aryl methyl sites for hydroxylation is 2. The van der Waals surface area contributed by atoms with Crippen molar-refractivity contribution in [1.82, 2.24) is 4.98 Å². The zero-order valence-corrected chi connectivity index (χ0v) is 23.8. The molecule has 0 saturated carbocycles. The van der Waals surface area contributed by atoms with Gasteiger partial charge in [-0.25, -0.2) is 0 Å². The Hall–Kier alpha value is -2.44. The van der Waals surface area contributed by atoms with E-state index in [2.05, 4.69) is 128 Å². The Balaban J connectivity index is 1.38. The second-order valence-electron chi connectivity index (χ2n) is 9.57. The van der Waals surface area contributed by atoms with Gasteiger partial charge >= 0.3 is 0 Å². The largest absolute Gasteiger partial charge is 0.362 e. The first kappa shape index (κ1) is 23.7. The Bertz CT molecular complexity index is 1430. The van der Waals surface area contributed by atoms with Crippen molar-refractivity contribution in [2.45, 2.75) is 41.6 Å². The molecule has 1 aromatic heterocycles. The number of H-pyrrole nitrogens is 1. The number of hydrogen-bond donors (Lipinski definition) is 1. The minimum absolute atomic E-state index is 0.235. The monoisotopic (exact) mass is 551 g/mol. The van der Waals surface area contributed by atoms with Crippen molar-refractivity contribution in [3.63, 3.8) is 0 Å². The van der Waals surface area contributed by atoms with E-state index in [-0.39, 0.29) is 8.16 Å². The molecule has 0 radical (unpaired) electrons. The van der Waals surface area contributed by atoms with E-state index in [1.807, 2.05) is 47.0 Å². The number of rotatable bonds is 4. The molecule has 3 heterocycles. The normalized spacial score (nSPS) is 16.9. The van der Waals surface area contributed by atoms with Gasteiger partial charge in [0.25, 0.3) is 0 Å². The van der Waals surface area contributed by atoms with Crippen LogP contribution in [0.1, 0.15) is 33.5 Å². The maximum Gasteiger partial charge on any atom is 0.135 e. The molecule has 182 valence electrons. The zero-order chi connectivity index (χ0) is 25.0. The molecular formula is C32H25NS4. The Morgan fingerprint density at radius 3 is 1.35 bits per heavy atom. The van der Waals surface area contributed by atoms with E-state index in [1.54, 1.807) is 0 Å². The predicted octanol–water partition coefficient (Wildman–Crippen LogP) is 9.83. The van der Waals surface area contributed by atoms with Gasteiger partial charge in [-0.2, -0.15) is 0 Å². The highest BCUT2D eigenvalue weighted by Gasteiger charge is 2.47. The highest BCUT2D eigenvalue weighted by Crippen LogP contribution is 2.67. The molecule has 5 heteroatoms. The highest BCUT2D eigenvalue weighted by molar-refractivity contribution is 8.20. The molecule has 1 N–H and O–H groups in total. The van der Waals surface area contributed by atoms with Gasteiger partial charge in [0.15, 0.2) is 0 Å². The van der Waals surface area contributed by atoms with E-state index in [0.29, 0.717) is 0 Å². The van der Waals surface area contributed by atoms with Crippen LogP contribution in [0.4, 0.5) is 0 Å².